The molecule has 0 saturated heterocycles. The first-order valence-corrected chi connectivity index (χ1v) is 6.89. The van der Waals surface area contributed by atoms with Gasteiger partial charge in [0.05, 0.1) is 24.0 Å². The fourth-order valence-electron chi connectivity index (χ4n) is 1.34. The Morgan fingerprint density at radius 2 is 2.11 bits per heavy atom. The number of carbonyl (C=O) groups excluding carboxylic acids is 1. The standard InChI is InChI=1S/C10H12N2O6S/c1-18-10(13)7-11(19(2,16)17)8-4-3-5-9(6-8)12(14)15/h3-6H,7H2,1-2H3. The average Bonchev–Trinajstić information content (AvgIpc) is 2.34. The smallest absolute Gasteiger partial charge is 0.326 e. The number of ether oxygens (including phenoxy) is 1. The van der Waals surface area contributed by atoms with E-state index in [0.29, 0.717) is 0 Å². The lowest BCUT2D eigenvalue weighted by atomic mass is 10.3. The zero-order valence-electron chi connectivity index (χ0n) is 10.3. The Balaban J connectivity index is 3.22. The number of benzene rings is 1. The summed E-state index contributed by atoms with van der Waals surface area (Å²) in [6.07, 6.45) is 0.898. The minimum absolute atomic E-state index is 0.0297. The van der Waals surface area contributed by atoms with Crippen molar-refractivity contribution in [3.8, 4) is 0 Å². The molecule has 19 heavy (non-hydrogen) atoms. The van der Waals surface area contributed by atoms with E-state index < -0.39 is 27.5 Å². The molecule has 1 aromatic carbocycles. The second-order valence-electron chi connectivity index (χ2n) is 3.62. The molecule has 0 aliphatic carbocycles. The third-order valence-corrected chi connectivity index (χ3v) is 3.37. The van der Waals surface area contributed by atoms with Crippen LogP contribution in [0.25, 0.3) is 0 Å². The van der Waals surface area contributed by atoms with Crippen LogP contribution in [0.1, 0.15) is 0 Å². The molecule has 0 N–H and O–H groups in total. The van der Waals surface area contributed by atoms with E-state index in [2.05, 4.69) is 4.74 Å². The molecule has 0 spiro atoms. The fourth-order valence-corrected chi connectivity index (χ4v) is 2.18. The van der Waals surface area contributed by atoms with Gasteiger partial charge in [-0.05, 0) is 6.07 Å². The maximum absolute atomic E-state index is 11.6. The van der Waals surface area contributed by atoms with Crippen LogP contribution in [0.2, 0.25) is 0 Å². The number of sulfonamides is 1. The summed E-state index contributed by atoms with van der Waals surface area (Å²) >= 11 is 0. The van der Waals surface area contributed by atoms with Gasteiger partial charge >= 0.3 is 5.97 Å². The number of hydrogen-bond donors (Lipinski definition) is 0. The van der Waals surface area contributed by atoms with E-state index in [4.69, 9.17) is 0 Å². The number of nitro groups is 1. The number of nitro benzene ring substituents is 1. The van der Waals surface area contributed by atoms with Gasteiger partial charge in [-0.3, -0.25) is 19.2 Å². The van der Waals surface area contributed by atoms with Crippen molar-refractivity contribution in [2.24, 2.45) is 0 Å². The van der Waals surface area contributed by atoms with E-state index in [0.717, 1.165) is 23.7 Å². The van der Waals surface area contributed by atoms with Crippen LogP contribution >= 0.6 is 0 Å². The normalized spacial score (nSPS) is 10.8. The Labute approximate surface area is 109 Å². The third kappa shape index (κ3) is 3.91. The number of nitrogens with zero attached hydrogens (tertiary/aromatic N) is 2. The lowest BCUT2D eigenvalue weighted by molar-refractivity contribution is -0.384. The van der Waals surface area contributed by atoms with Crippen LogP contribution in [0, 0.1) is 10.1 Å². The molecule has 104 valence electrons. The first kappa shape index (κ1) is 14.9. The van der Waals surface area contributed by atoms with Gasteiger partial charge in [-0.15, -0.1) is 0 Å². The molecule has 0 aliphatic rings. The summed E-state index contributed by atoms with van der Waals surface area (Å²) in [7, 11) is -2.63. The lowest BCUT2D eigenvalue weighted by Gasteiger charge is -2.20. The average molecular weight is 288 g/mol. The summed E-state index contributed by atoms with van der Waals surface area (Å²) in [5.74, 6) is -0.767. The van der Waals surface area contributed by atoms with Crippen LogP contribution in [-0.4, -0.2) is 39.2 Å². The highest BCUT2D eigenvalue weighted by Crippen LogP contribution is 2.22. The van der Waals surface area contributed by atoms with Crippen LogP contribution in [0.15, 0.2) is 24.3 Å². The Morgan fingerprint density at radius 1 is 1.47 bits per heavy atom. The molecule has 0 aromatic heterocycles. The van der Waals surface area contributed by atoms with E-state index in [1.165, 1.54) is 18.2 Å². The quantitative estimate of drug-likeness (QED) is 0.444. The molecule has 0 aliphatic heterocycles. The molecule has 0 unspecified atom stereocenters. The zero-order chi connectivity index (χ0) is 14.6. The summed E-state index contributed by atoms with van der Waals surface area (Å²) in [5.41, 5.74) is -0.238. The van der Waals surface area contributed by atoms with Crippen LogP contribution in [-0.2, 0) is 19.6 Å². The molecule has 0 fully saturated rings. The Kier molecular flexibility index (Phi) is 4.43. The minimum Gasteiger partial charge on any atom is -0.468 e. The zero-order valence-corrected chi connectivity index (χ0v) is 11.1. The number of esters is 1. The van der Waals surface area contributed by atoms with Crippen molar-refractivity contribution >= 4 is 27.4 Å². The van der Waals surface area contributed by atoms with Crippen molar-refractivity contribution in [3.05, 3.63) is 34.4 Å². The molecule has 0 atom stereocenters. The highest BCUT2D eigenvalue weighted by molar-refractivity contribution is 7.92. The SMILES string of the molecule is COC(=O)CN(c1cccc([N+](=O)[O-])c1)S(C)(=O)=O. The van der Waals surface area contributed by atoms with Gasteiger partial charge in [0.25, 0.3) is 5.69 Å². The molecule has 9 heteroatoms. The molecule has 0 amide bonds. The molecular weight excluding hydrogens is 276 g/mol. The lowest BCUT2D eigenvalue weighted by Crippen LogP contribution is -2.35. The first-order chi connectivity index (χ1) is 8.75. The maximum Gasteiger partial charge on any atom is 0.326 e. The van der Waals surface area contributed by atoms with Crippen LogP contribution < -0.4 is 4.31 Å². The number of hydrogen-bond acceptors (Lipinski definition) is 6. The van der Waals surface area contributed by atoms with Crippen molar-refractivity contribution in [1.82, 2.24) is 0 Å². The molecule has 1 rings (SSSR count). The van der Waals surface area contributed by atoms with Crippen LogP contribution in [0.3, 0.4) is 0 Å². The number of carbonyl (C=O) groups is 1. The summed E-state index contributed by atoms with van der Waals surface area (Å²) in [5, 5.41) is 10.6. The fraction of sp³-hybridized carbons (Fsp3) is 0.300. The summed E-state index contributed by atoms with van der Waals surface area (Å²) < 4.78 is 28.4. The number of anilines is 1. The summed E-state index contributed by atoms with van der Waals surface area (Å²) in [6, 6.07) is 4.99. The number of rotatable bonds is 5. The van der Waals surface area contributed by atoms with Crippen molar-refractivity contribution in [2.45, 2.75) is 0 Å². The van der Waals surface area contributed by atoms with Gasteiger partial charge in [0, 0.05) is 12.1 Å². The first-order valence-electron chi connectivity index (χ1n) is 5.04. The molecule has 0 saturated carbocycles. The van der Waals surface area contributed by atoms with E-state index in [1.54, 1.807) is 0 Å². The maximum atomic E-state index is 11.6. The van der Waals surface area contributed by atoms with E-state index in [1.807, 2.05) is 0 Å². The second-order valence-corrected chi connectivity index (χ2v) is 5.53. The third-order valence-electron chi connectivity index (χ3n) is 2.23. The van der Waals surface area contributed by atoms with Gasteiger partial charge in [-0.25, -0.2) is 8.42 Å². The van der Waals surface area contributed by atoms with Gasteiger partial charge < -0.3 is 4.74 Å². The van der Waals surface area contributed by atoms with Gasteiger partial charge in [0.2, 0.25) is 10.0 Å². The monoisotopic (exact) mass is 288 g/mol. The van der Waals surface area contributed by atoms with Gasteiger partial charge in [0.1, 0.15) is 6.54 Å². The second kappa shape index (κ2) is 5.65. The topological polar surface area (TPSA) is 107 Å². The van der Waals surface area contributed by atoms with Gasteiger partial charge in [-0.2, -0.15) is 0 Å². The summed E-state index contributed by atoms with van der Waals surface area (Å²) in [6.45, 7) is -0.545. The highest BCUT2D eigenvalue weighted by atomic mass is 32.2. The van der Waals surface area contributed by atoms with Crippen molar-refractivity contribution < 1.29 is 22.9 Å². The van der Waals surface area contributed by atoms with Crippen LogP contribution in [0.5, 0.6) is 0 Å². The molecule has 0 bridgehead atoms. The number of methoxy groups -OCH3 is 1. The minimum atomic E-state index is -3.76. The number of non-ortho nitro benzene ring substituents is 1. The Bertz CT molecular complexity index is 598. The van der Waals surface area contributed by atoms with Gasteiger partial charge in [-0.1, -0.05) is 6.07 Å². The molecular formula is C10H12N2O6S. The van der Waals surface area contributed by atoms with Crippen LogP contribution in [0.4, 0.5) is 11.4 Å². The predicted molar refractivity (Wildman–Crippen MR) is 67.3 cm³/mol. The van der Waals surface area contributed by atoms with E-state index in [-0.39, 0.29) is 11.4 Å². The van der Waals surface area contributed by atoms with Crippen molar-refractivity contribution in [2.75, 3.05) is 24.2 Å². The Hall–Kier alpha value is -2.16. The highest BCUT2D eigenvalue weighted by Gasteiger charge is 2.22. The van der Waals surface area contributed by atoms with Gasteiger partial charge in [0.15, 0.2) is 0 Å². The van der Waals surface area contributed by atoms with E-state index >= 15 is 0 Å². The molecule has 8 nitrogen and oxygen atoms in total. The van der Waals surface area contributed by atoms with Crippen molar-refractivity contribution in [3.63, 3.8) is 0 Å². The van der Waals surface area contributed by atoms with Crippen molar-refractivity contribution in [1.29, 1.82) is 0 Å². The molecule has 0 radical (unpaired) electrons. The van der Waals surface area contributed by atoms with E-state index in [9.17, 15) is 23.3 Å². The molecule has 1 aromatic rings. The molecule has 0 heterocycles. The summed E-state index contributed by atoms with van der Waals surface area (Å²) in [4.78, 5) is 21.2. The largest absolute Gasteiger partial charge is 0.468 e. The predicted octanol–water partition coefficient (Wildman–Crippen LogP) is 0.534. The Morgan fingerprint density at radius 3 is 2.58 bits per heavy atom.